The maximum atomic E-state index is 6.01. The van der Waals surface area contributed by atoms with Gasteiger partial charge in [-0.2, -0.15) is 0 Å². The van der Waals surface area contributed by atoms with Gasteiger partial charge in [0.2, 0.25) is 0 Å². The van der Waals surface area contributed by atoms with Gasteiger partial charge in [0.1, 0.15) is 5.75 Å². The largest absolute Gasteiger partial charge is 0.490 e. The molecule has 1 aromatic rings. The fraction of sp³-hybridized carbons (Fsp3) is 0.533. The Bertz CT molecular complexity index is 294. The predicted octanol–water partition coefficient (Wildman–Crippen LogP) is 4.16. The summed E-state index contributed by atoms with van der Waals surface area (Å²) in [6, 6.07) is 8.37. The van der Waals surface area contributed by atoms with Crippen molar-refractivity contribution in [2.75, 3.05) is 0 Å². The van der Waals surface area contributed by atoms with Gasteiger partial charge < -0.3 is 4.74 Å². The van der Waals surface area contributed by atoms with Gasteiger partial charge in [0, 0.05) is 0 Å². The highest BCUT2D eigenvalue weighted by molar-refractivity contribution is 5.27. The molecule has 1 fully saturated rings. The highest BCUT2D eigenvalue weighted by Crippen LogP contribution is 2.23. The van der Waals surface area contributed by atoms with Crippen molar-refractivity contribution in [2.45, 2.75) is 51.0 Å². The molecule has 1 nitrogen and oxygen atoms in total. The molecule has 1 radical (unpaired) electrons. The van der Waals surface area contributed by atoms with Crippen LogP contribution in [0, 0.1) is 6.92 Å². The van der Waals surface area contributed by atoms with Crippen molar-refractivity contribution in [3.05, 3.63) is 36.8 Å². The molecule has 1 aliphatic rings. The highest BCUT2D eigenvalue weighted by Gasteiger charge is 2.13. The van der Waals surface area contributed by atoms with Crippen LogP contribution in [0.4, 0.5) is 0 Å². The minimum atomic E-state index is 0.438. The smallest absolute Gasteiger partial charge is 0.119 e. The van der Waals surface area contributed by atoms with E-state index < -0.39 is 0 Å². The number of ether oxygens (including phenoxy) is 1. The van der Waals surface area contributed by atoms with Crippen LogP contribution in [0.1, 0.15) is 44.1 Å². The van der Waals surface area contributed by atoms with Crippen LogP contribution in [0.25, 0.3) is 0 Å². The molecule has 0 N–H and O–H groups in total. The lowest BCUT2D eigenvalue weighted by molar-refractivity contribution is 0.183. The number of rotatable bonds is 3. The average Bonchev–Trinajstić information content (AvgIpc) is 2.59. The molecular weight excluding hydrogens is 196 g/mol. The molecule has 1 saturated carbocycles. The topological polar surface area (TPSA) is 9.23 Å². The van der Waals surface area contributed by atoms with Crippen molar-refractivity contribution in [1.82, 2.24) is 0 Å². The van der Waals surface area contributed by atoms with Crippen LogP contribution < -0.4 is 4.74 Å². The zero-order valence-electron chi connectivity index (χ0n) is 9.95. The van der Waals surface area contributed by atoms with Gasteiger partial charge in [0.15, 0.2) is 0 Å². The van der Waals surface area contributed by atoms with Crippen LogP contribution in [0.15, 0.2) is 24.3 Å². The van der Waals surface area contributed by atoms with Gasteiger partial charge >= 0.3 is 0 Å². The maximum Gasteiger partial charge on any atom is 0.119 e. The summed E-state index contributed by atoms with van der Waals surface area (Å²) in [7, 11) is 0. The SMILES string of the molecule is [CH2]Cc1ccc(OC2CCCCCC2)cc1. The van der Waals surface area contributed by atoms with Gasteiger partial charge in [-0.25, -0.2) is 0 Å². The molecule has 0 saturated heterocycles. The summed E-state index contributed by atoms with van der Waals surface area (Å²) in [6.07, 6.45) is 9.12. The summed E-state index contributed by atoms with van der Waals surface area (Å²) >= 11 is 0. The molecule has 0 amide bonds. The van der Waals surface area contributed by atoms with E-state index in [-0.39, 0.29) is 0 Å². The van der Waals surface area contributed by atoms with Gasteiger partial charge in [0.25, 0.3) is 0 Å². The molecule has 0 unspecified atom stereocenters. The molecule has 16 heavy (non-hydrogen) atoms. The third-order valence-corrected chi connectivity index (χ3v) is 3.32. The second kappa shape index (κ2) is 5.93. The van der Waals surface area contributed by atoms with E-state index >= 15 is 0 Å². The molecule has 0 aliphatic heterocycles. The van der Waals surface area contributed by atoms with E-state index in [9.17, 15) is 0 Å². The number of hydrogen-bond donors (Lipinski definition) is 0. The first-order chi connectivity index (χ1) is 7.88. The van der Waals surface area contributed by atoms with Crippen molar-refractivity contribution in [3.8, 4) is 5.75 Å². The Morgan fingerprint density at radius 2 is 1.62 bits per heavy atom. The van der Waals surface area contributed by atoms with Gasteiger partial charge in [-0.3, -0.25) is 0 Å². The van der Waals surface area contributed by atoms with E-state index in [0.717, 1.165) is 12.2 Å². The Kier molecular flexibility index (Phi) is 4.26. The van der Waals surface area contributed by atoms with Crippen molar-refractivity contribution in [1.29, 1.82) is 0 Å². The first-order valence-corrected chi connectivity index (χ1v) is 6.43. The third-order valence-electron chi connectivity index (χ3n) is 3.32. The number of benzene rings is 1. The zero-order chi connectivity index (χ0) is 11.2. The lowest BCUT2D eigenvalue weighted by Gasteiger charge is -2.17. The monoisotopic (exact) mass is 217 g/mol. The maximum absolute atomic E-state index is 6.01. The van der Waals surface area contributed by atoms with E-state index in [1.807, 2.05) is 0 Å². The molecule has 1 aromatic carbocycles. The molecule has 0 heterocycles. The molecule has 0 spiro atoms. The molecule has 0 atom stereocenters. The summed E-state index contributed by atoms with van der Waals surface area (Å²) in [6.45, 7) is 3.87. The van der Waals surface area contributed by atoms with Crippen LogP contribution in [0.3, 0.4) is 0 Å². The van der Waals surface area contributed by atoms with Crippen LogP contribution in [0.2, 0.25) is 0 Å². The summed E-state index contributed by atoms with van der Waals surface area (Å²) < 4.78 is 6.01. The van der Waals surface area contributed by atoms with Gasteiger partial charge in [-0.05, 0) is 56.7 Å². The lowest BCUT2D eigenvalue weighted by atomic mass is 10.1. The Morgan fingerprint density at radius 1 is 1.00 bits per heavy atom. The quantitative estimate of drug-likeness (QED) is 0.691. The lowest BCUT2D eigenvalue weighted by Crippen LogP contribution is -2.14. The molecule has 1 heteroatoms. The minimum absolute atomic E-state index is 0.438. The Hall–Kier alpha value is -0.980. The van der Waals surface area contributed by atoms with Crippen LogP contribution >= 0.6 is 0 Å². The molecule has 1 aliphatic carbocycles. The zero-order valence-corrected chi connectivity index (χ0v) is 9.95. The molecule has 87 valence electrons. The predicted molar refractivity (Wildman–Crippen MR) is 67.6 cm³/mol. The Morgan fingerprint density at radius 3 is 2.19 bits per heavy atom. The van der Waals surface area contributed by atoms with Gasteiger partial charge in [-0.15, -0.1) is 0 Å². The minimum Gasteiger partial charge on any atom is -0.490 e. The second-order valence-electron chi connectivity index (χ2n) is 4.63. The van der Waals surface area contributed by atoms with E-state index in [1.54, 1.807) is 0 Å². The van der Waals surface area contributed by atoms with Crippen molar-refractivity contribution in [2.24, 2.45) is 0 Å². The van der Waals surface area contributed by atoms with E-state index in [2.05, 4.69) is 31.2 Å². The summed E-state index contributed by atoms with van der Waals surface area (Å²) in [4.78, 5) is 0. The summed E-state index contributed by atoms with van der Waals surface area (Å²) in [5.74, 6) is 1.02. The molecular formula is C15H21O. The van der Waals surface area contributed by atoms with Gasteiger partial charge in [-0.1, -0.05) is 25.0 Å². The molecule has 0 aromatic heterocycles. The molecule has 0 bridgehead atoms. The Labute approximate surface area is 98.8 Å². The van der Waals surface area contributed by atoms with Crippen LogP contribution in [-0.2, 0) is 6.42 Å². The van der Waals surface area contributed by atoms with Crippen molar-refractivity contribution < 1.29 is 4.74 Å². The highest BCUT2D eigenvalue weighted by atomic mass is 16.5. The van der Waals surface area contributed by atoms with E-state index in [1.165, 1.54) is 44.1 Å². The van der Waals surface area contributed by atoms with E-state index in [0.29, 0.717) is 6.10 Å². The van der Waals surface area contributed by atoms with Crippen molar-refractivity contribution in [3.63, 3.8) is 0 Å². The van der Waals surface area contributed by atoms with Crippen LogP contribution in [-0.4, -0.2) is 6.10 Å². The fourth-order valence-corrected chi connectivity index (χ4v) is 2.29. The first-order valence-electron chi connectivity index (χ1n) is 6.43. The van der Waals surface area contributed by atoms with Crippen molar-refractivity contribution >= 4 is 0 Å². The number of hydrogen-bond acceptors (Lipinski definition) is 1. The summed E-state index contributed by atoms with van der Waals surface area (Å²) in [5.41, 5.74) is 1.27. The standard InChI is InChI=1S/C15H21O/c1-2-13-9-11-15(12-10-13)16-14-7-5-3-4-6-8-14/h9-12,14H,1-8H2. The van der Waals surface area contributed by atoms with Gasteiger partial charge in [0.05, 0.1) is 6.10 Å². The summed E-state index contributed by atoms with van der Waals surface area (Å²) in [5, 5.41) is 0. The van der Waals surface area contributed by atoms with Crippen LogP contribution in [0.5, 0.6) is 5.75 Å². The Balaban J connectivity index is 1.91. The fourth-order valence-electron chi connectivity index (χ4n) is 2.29. The van der Waals surface area contributed by atoms with E-state index in [4.69, 9.17) is 4.74 Å². The molecule has 2 rings (SSSR count). The second-order valence-corrected chi connectivity index (χ2v) is 4.63. The average molecular weight is 217 g/mol. The third kappa shape index (κ3) is 3.26. The normalized spacial score (nSPS) is 18.1. The first kappa shape index (κ1) is 11.5.